The molecule has 2 aromatic carbocycles. The number of benzene rings is 2. The summed E-state index contributed by atoms with van der Waals surface area (Å²) < 4.78 is 12.3. The fourth-order valence-corrected chi connectivity index (χ4v) is 3.47. The highest BCUT2D eigenvalue weighted by atomic mass is 16.5. The third-order valence-corrected chi connectivity index (χ3v) is 5.51. The summed E-state index contributed by atoms with van der Waals surface area (Å²) in [4.78, 5) is 0. The first-order valence-corrected chi connectivity index (χ1v) is 8.96. The van der Waals surface area contributed by atoms with E-state index in [-0.39, 0.29) is 11.5 Å². The standard InChI is InChI=1S/C22H28O2/c1-16-8-5-10-18(14-16)23-19-11-7-12-20(15-19)24-21-13-6-9-17(2)22(21,3)4/h5,7-8,10-12,14-15,17,21H,6,9,13H2,1-4H3. The lowest BCUT2D eigenvalue weighted by atomic mass is 9.68. The molecule has 3 rings (SSSR count). The second-order valence-electron chi connectivity index (χ2n) is 7.65. The molecule has 1 fully saturated rings. The minimum atomic E-state index is 0.200. The Bertz CT molecular complexity index is 690. The third kappa shape index (κ3) is 3.75. The molecule has 1 aliphatic rings. The van der Waals surface area contributed by atoms with Gasteiger partial charge < -0.3 is 9.47 Å². The van der Waals surface area contributed by atoms with Gasteiger partial charge in [0.1, 0.15) is 23.4 Å². The van der Waals surface area contributed by atoms with Gasteiger partial charge in [-0.2, -0.15) is 0 Å². The molecule has 0 amide bonds. The molecule has 0 bridgehead atoms. The van der Waals surface area contributed by atoms with Crippen molar-refractivity contribution in [2.75, 3.05) is 0 Å². The summed E-state index contributed by atoms with van der Waals surface area (Å²) in [7, 11) is 0. The van der Waals surface area contributed by atoms with Crippen LogP contribution in [0.5, 0.6) is 17.2 Å². The van der Waals surface area contributed by atoms with E-state index < -0.39 is 0 Å². The average Bonchev–Trinajstić information content (AvgIpc) is 2.53. The topological polar surface area (TPSA) is 18.5 Å². The predicted octanol–water partition coefficient (Wildman–Crippen LogP) is 6.38. The van der Waals surface area contributed by atoms with Crippen molar-refractivity contribution < 1.29 is 9.47 Å². The van der Waals surface area contributed by atoms with E-state index in [0.29, 0.717) is 5.92 Å². The van der Waals surface area contributed by atoms with Gasteiger partial charge in [-0.15, -0.1) is 0 Å². The van der Waals surface area contributed by atoms with Gasteiger partial charge in [0.25, 0.3) is 0 Å². The maximum Gasteiger partial charge on any atom is 0.131 e. The second-order valence-corrected chi connectivity index (χ2v) is 7.65. The van der Waals surface area contributed by atoms with Gasteiger partial charge in [-0.1, -0.05) is 39.0 Å². The molecule has 2 atom stereocenters. The molecule has 0 aromatic heterocycles. The Morgan fingerprint density at radius 3 is 2.33 bits per heavy atom. The number of hydrogen-bond donors (Lipinski definition) is 0. The van der Waals surface area contributed by atoms with Crippen LogP contribution in [-0.4, -0.2) is 6.10 Å². The maximum atomic E-state index is 6.36. The van der Waals surface area contributed by atoms with E-state index in [0.717, 1.165) is 23.7 Å². The Hall–Kier alpha value is -1.96. The van der Waals surface area contributed by atoms with Crippen LogP contribution in [0.1, 0.15) is 45.6 Å². The molecule has 0 aliphatic heterocycles. The molecule has 0 saturated heterocycles. The van der Waals surface area contributed by atoms with Gasteiger partial charge in [0.15, 0.2) is 0 Å². The zero-order valence-corrected chi connectivity index (χ0v) is 15.2. The van der Waals surface area contributed by atoms with Crippen LogP contribution in [0.2, 0.25) is 0 Å². The highest BCUT2D eigenvalue weighted by Gasteiger charge is 2.39. The fraction of sp³-hybridized carbons (Fsp3) is 0.455. The SMILES string of the molecule is Cc1cccc(Oc2cccc(OC3CCCC(C)C3(C)C)c2)c1. The quantitative estimate of drug-likeness (QED) is 0.649. The predicted molar refractivity (Wildman–Crippen MR) is 98.9 cm³/mol. The summed E-state index contributed by atoms with van der Waals surface area (Å²) in [6.45, 7) is 9.06. The minimum Gasteiger partial charge on any atom is -0.490 e. The number of aryl methyl sites for hydroxylation is 1. The lowest BCUT2D eigenvalue weighted by molar-refractivity contribution is -0.00532. The molecule has 24 heavy (non-hydrogen) atoms. The van der Waals surface area contributed by atoms with E-state index >= 15 is 0 Å². The van der Waals surface area contributed by atoms with Crippen molar-refractivity contribution in [1.29, 1.82) is 0 Å². The molecule has 2 heteroatoms. The second kappa shape index (κ2) is 6.88. The van der Waals surface area contributed by atoms with Gasteiger partial charge in [-0.3, -0.25) is 0 Å². The Morgan fingerprint density at radius 1 is 0.917 bits per heavy atom. The Labute approximate surface area is 145 Å². The first-order valence-electron chi connectivity index (χ1n) is 8.96. The molecule has 0 spiro atoms. The van der Waals surface area contributed by atoms with Crippen molar-refractivity contribution in [3.63, 3.8) is 0 Å². The van der Waals surface area contributed by atoms with Gasteiger partial charge in [-0.05, 0) is 61.9 Å². The molecule has 2 nitrogen and oxygen atoms in total. The summed E-state index contributed by atoms with van der Waals surface area (Å²) in [5, 5.41) is 0. The maximum absolute atomic E-state index is 6.36. The number of ether oxygens (including phenoxy) is 2. The van der Waals surface area contributed by atoms with Gasteiger partial charge in [0.2, 0.25) is 0 Å². The van der Waals surface area contributed by atoms with E-state index in [1.807, 2.05) is 42.5 Å². The Kier molecular flexibility index (Phi) is 4.84. The molecular weight excluding hydrogens is 296 g/mol. The molecule has 2 unspecified atom stereocenters. The van der Waals surface area contributed by atoms with Crippen LogP contribution in [0.3, 0.4) is 0 Å². The molecule has 1 aliphatic carbocycles. The van der Waals surface area contributed by atoms with Gasteiger partial charge in [-0.25, -0.2) is 0 Å². The van der Waals surface area contributed by atoms with E-state index in [9.17, 15) is 0 Å². The van der Waals surface area contributed by atoms with Crippen LogP contribution in [0.4, 0.5) is 0 Å². The first-order chi connectivity index (χ1) is 11.4. The van der Waals surface area contributed by atoms with Crippen LogP contribution >= 0.6 is 0 Å². The van der Waals surface area contributed by atoms with Crippen LogP contribution < -0.4 is 9.47 Å². The molecule has 2 aromatic rings. The lowest BCUT2D eigenvalue weighted by Crippen LogP contribution is -2.42. The highest BCUT2D eigenvalue weighted by molar-refractivity contribution is 5.38. The number of rotatable bonds is 4. The molecule has 0 N–H and O–H groups in total. The Balaban J connectivity index is 1.73. The monoisotopic (exact) mass is 324 g/mol. The van der Waals surface area contributed by atoms with Crippen molar-refractivity contribution >= 4 is 0 Å². The Morgan fingerprint density at radius 2 is 1.58 bits per heavy atom. The van der Waals surface area contributed by atoms with Crippen molar-refractivity contribution in [1.82, 2.24) is 0 Å². The van der Waals surface area contributed by atoms with Crippen LogP contribution in [0.25, 0.3) is 0 Å². The summed E-state index contributed by atoms with van der Waals surface area (Å²) in [6, 6.07) is 16.1. The minimum absolute atomic E-state index is 0.200. The largest absolute Gasteiger partial charge is 0.490 e. The zero-order valence-electron chi connectivity index (χ0n) is 15.2. The summed E-state index contributed by atoms with van der Waals surface area (Å²) in [5.41, 5.74) is 1.39. The molecule has 1 saturated carbocycles. The van der Waals surface area contributed by atoms with E-state index in [1.165, 1.54) is 18.4 Å². The van der Waals surface area contributed by atoms with E-state index in [2.05, 4.69) is 33.8 Å². The van der Waals surface area contributed by atoms with Crippen LogP contribution in [0, 0.1) is 18.3 Å². The van der Waals surface area contributed by atoms with Crippen molar-refractivity contribution in [3.05, 3.63) is 54.1 Å². The average molecular weight is 324 g/mol. The molecular formula is C22H28O2. The molecule has 0 heterocycles. The fourth-order valence-electron chi connectivity index (χ4n) is 3.47. The summed E-state index contributed by atoms with van der Waals surface area (Å²) in [5.74, 6) is 3.26. The van der Waals surface area contributed by atoms with Crippen molar-refractivity contribution in [2.45, 2.75) is 53.1 Å². The van der Waals surface area contributed by atoms with Crippen LogP contribution in [-0.2, 0) is 0 Å². The van der Waals surface area contributed by atoms with E-state index in [4.69, 9.17) is 9.47 Å². The van der Waals surface area contributed by atoms with Crippen LogP contribution in [0.15, 0.2) is 48.5 Å². The van der Waals surface area contributed by atoms with Gasteiger partial charge in [0, 0.05) is 11.5 Å². The zero-order chi connectivity index (χ0) is 17.2. The van der Waals surface area contributed by atoms with Crippen molar-refractivity contribution in [2.24, 2.45) is 11.3 Å². The summed E-state index contributed by atoms with van der Waals surface area (Å²) >= 11 is 0. The molecule has 128 valence electrons. The lowest BCUT2D eigenvalue weighted by Gasteiger charge is -2.43. The van der Waals surface area contributed by atoms with Gasteiger partial charge in [0.05, 0.1) is 0 Å². The molecule has 0 radical (unpaired) electrons. The highest BCUT2D eigenvalue weighted by Crippen LogP contribution is 2.42. The number of hydrogen-bond acceptors (Lipinski definition) is 2. The summed E-state index contributed by atoms with van der Waals surface area (Å²) in [6.07, 6.45) is 3.92. The normalized spacial score (nSPS) is 22.8. The third-order valence-electron chi connectivity index (χ3n) is 5.51. The van der Waals surface area contributed by atoms with E-state index in [1.54, 1.807) is 0 Å². The first kappa shape index (κ1) is 16.9. The van der Waals surface area contributed by atoms with Crippen molar-refractivity contribution in [3.8, 4) is 17.2 Å². The smallest absolute Gasteiger partial charge is 0.131 e. The van der Waals surface area contributed by atoms with Gasteiger partial charge >= 0.3 is 0 Å².